The lowest BCUT2D eigenvalue weighted by Crippen LogP contribution is -2.13. The number of rotatable bonds is 5. The van der Waals surface area contributed by atoms with E-state index in [4.69, 9.17) is 0 Å². The molecule has 2 rings (SSSR count). The minimum absolute atomic E-state index is 0.0568. The molecule has 106 valence electrons. The number of H-pyrrole nitrogens is 1. The summed E-state index contributed by atoms with van der Waals surface area (Å²) in [6, 6.07) is 4.83. The Balaban J connectivity index is 2.32. The molecule has 1 aromatic heterocycles. The van der Waals surface area contributed by atoms with Crippen LogP contribution in [0.15, 0.2) is 18.2 Å². The zero-order valence-electron chi connectivity index (χ0n) is 11.7. The van der Waals surface area contributed by atoms with E-state index >= 15 is 0 Å². The van der Waals surface area contributed by atoms with Gasteiger partial charge in [-0.25, -0.2) is 4.98 Å². The molecule has 20 heavy (non-hydrogen) atoms. The largest absolute Gasteiger partial charge is 0.369 e. The molecule has 7 heteroatoms. The summed E-state index contributed by atoms with van der Waals surface area (Å²) in [5, 5.41) is 21.1. The third kappa shape index (κ3) is 2.93. The van der Waals surface area contributed by atoms with Crippen molar-refractivity contribution < 1.29 is 4.92 Å². The van der Waals surface area contributed by atoms with Gasteiger partial charge in [0.25, 0.3) is 5.69 Å². The van der Waals surface area contributed by atoms with Gasteiger partial charge in [0.15, 0.2) is 5.82 Å². The number of nitrogens with one attached hydrogen (secondary N) is 2. The summed E-state index contributed by atoms with van der Waals surface area (Å²) in [7, 11) is 0. The highest BCUT2D eigenvalue weighted by Gasteiger charge is 2.19. The van der Waals surface area contributed by atoms with E-state index in [1.165, 1.54) is 6.07 Å². The third-order valence-electron chi connectivity index (χ3n) is 3.01. The van der Waals surface area contributed by atoms with Gasteiger partial charge in [-0.2, -0.15) is 5.10 Å². The number of nitro benzene ring substituents is 1. The Hall–Kier alpha value is -2.44. The van der Waals surface area contributed by atoms with Crippen LogP contribution < -0.4 is 5.32 Å². The highest BCUT2D eigenvalue weighted by molar-refractivity contribution is 5.63. The average molecular weight is 275 g/mol. The van der Waals surface area contributed by atoms with Crippen LogP contribution in [-0.4, -0.2) is 20.1 Å². The molecular weight excluding hydrogens is 258 g/mol. The Labute approximate surface area is 116 Å². The van der Waals surface area contributed by atoms with Crippen LogP contribution in [0.5, 0.6) is 0 Å². The predicted octanol–water partition coefficient (Wildman–Crippen LogP) is 2.89. The molecule has 0 fully saturated rings. The van der Waals surface area contributed by atoms with Crippen molar-refractivity contribution in [2.24, 2.45) is 0 Å². The third-order valence-corrected chi connectivity index (χ3v) is 3.01. The fourth-order valence-corrected chi connectivity index (χ4v) is 1.98. The Bertz CT molecular complexity index is 623. The molecule has 0 aliphatic heterocycles. The lowest BCUT2D eigenvalue weighted by atomic mass is 10.1. The molecule has 0 bridgehead atoms. The second kappa shape index (κ2) is 5.68. The van der Waals surface area contributed by atoms with Crippen LogP contribution in [-0.2, 0) is 0 Å². The maximum Gasteiger partial charge on any atom is 0.292 e. The second-order valence-corrected chi connectivity index (χ2v) is 4.66. The van der Waals surface area contributed by atoms with Crippen LogP contribution in [0.4, 0.5) is 11.4 Å². The summed E-state index contributed by atoms with van der Waals surface area (Å²) >= 11 is 0. The van der Waals surface area contributed by atoms with E-state index in [1.807, 2.05) is 20.8 Å². The van der Waals surface area contributed by atoms with Gasteiger partial charge in [-0.3, -0.25) is 15.2 Å². The number of nitrogens with zero attached hydrogens (tertiary/aromatic N) is 3. The molecule has 1 atom stereocenters. The van der Waals surface area contributed by atoms with Crippen molar-refractivity contribution in [2.45, 2.75) is 33.2 Å². The fraction of sp³-hybridized carbons (Fsp3) is 0.385. The fourth-order valence-electron chi connectivity index (χ4n) is 1.98. The first-order valence-electron chi connectivity index (χ1n) is 6.41. The maximum atomic E-state index is 11.1. The Morgan fingerprint density at radius 3 is 2.75 bits per heavy atom. The highest BCUT2D eigenvalue weighted by Crippen LogP contribution is 2.29. The predicted molar refractivity (Wildman–Crippen MR) is 75.6 cm³/mol. The number of aromatic nitrogens is 3. The van der Waals surface area contributed by atoms with Gasteiger partial charge in [0.1, 0.15) is 11.5 Å². The number of anilines is 1. The number of hydrogen-bond acceptors (Lipinski definition) is 5. The van der Waals surface area contributed by atoms with Gasteiger partial charge in [-0.05, 0) is 31.9 Å². The molecule has 1 aromatic carbocycles. The number of aryl methyl sites for hydroxylation is 2. The zero-order chi connectivity index (χ0) is 14.7. The van der Waals surface area contributed by atoms with Crippen molar-refractivity contribution in [2.75, 3.05) is 5.32 Å². The monoisotopic (exact) mass is 275 g/mol. The lowest BCUT2D eigenvalue weighted by Gasteiger charge is -2.15. The molecule has 0 radical (unpaired) electrons. The first-order chi connectivity index (χ1) is 9.51. The molecule has 0 saturated carbocycles. The van der Waals surface area contributed by atoms with Crippen LogP contribution in [0.1, 0.15) is 36.6 Å². The van der Waals surface area contributed by atoms with Crippen LogP contribution in [0.25, 0.3) is 0 Å². The molecule has 7 nitrogen and oxygen atoms in total. The Morgan fingerprint density at radius 1 is 1.45 bits per heavy atom. The van der Waals surface area contributed by atoms with E-state index in [9.17, 15) is 10.1 Å². The van der Waals surface area contributed by atoms with Gasteiger partial charge >= 0.3 is 0 Å². The van der Waals surface area contributed by atoms with Crippen molar-refractivity contribution in [3.05, 3.63) is 45.5 Å². The molecule has 1 unspecified atom stereocenters. The smallest absolute Gasteiger partial charge is 0.292 e. The second-order valence-electron chi connectivity index (χ2n) is 4.66. The summed E-state index contributed by atoms with van der Waals surface area (Å²) in [4.78, 5) is 15.0. The molecule has 1 heterocycles. The van der Waals surface area contributed by atoms with Gasteiger partial charge < -0.3 is 5.32 Å². The maximum absolute atomic E-state index is 11.1. The highest BCUT2D eigenvalue weighted by atomic mass is 16.6. The van der Waals surface area contributed by atoms with Crippen molar-refractivity contribution in [1.82, 2.24) is 15.2 Å². The van der Waals surface area contributed by atoms with E-state index in [1.54, 1.807) is 12.1 Å². The Morgan fingerprint density at radius 2 is 2.20 bits per heavy atom. The minimum Gasteiger partial charge on any atom is -0.369 e. The van der Waals surface area contributed by atoms with E-state index in [0.717, 1.165) is 17.8 Å². The summed E-state index contributed by atoms with van der Waals surface area (Å²) < 4.78 is 0. The van der Waals surface area contributed by atoms with Crippen molar-refractivity contribution >= 4 is 11.4 Å². The average Bonchev–Trinajstić information content (AvgIpc) is 2.82. The van der Waals surface area contributed by atoms with Gasteiger partial charge in [0, 0.05) is 6.07 Å². The lowest BCUT2D eigenvalue weighted by molar-refractivity contribution is -0.384. The summed E-state index contributed by atoms with van der Waals surface area (Å²) in [6.45, 7) is 5.69. The molecule has 2 N–H and O–H groups in total. The number of hydrogen-bond donors (Lipinski definition) is 2. The summed E-state index contributed by atoms with van der Waals surface area (Å²) in [5.74, 6) is 1.33. The Kier molecular flexibility index (Phi) is 3.97. The summed E-state index contributed by atoms with van der Waals surface area (Å²) in [6.07, 6.45) is 0.725. The van der Waals surface area contributed by atoms with Gasteiger partial charge in [-0.15, -0.1) is 0 Å². The SMILES string of the molecule is CCC(Nc1cc(C)ccc1[N+](=O)[O-])c1n[nH]c(C)n1. The molecule has 0 aliphatic carbocycles. The van der Waals surface area contributed by atoms with E-state index in [0.29, 0.717) is 11.5 Å². The van der Waals surface area contributed by atoms with E-state index in [2.05, 4.69) is 20.5 Å². The standard InChI is InChI=1S/C13H17N5O2/c1-4-10(13-14-9(3)16-17-13)15-11-7-8(2)5-6-12(11)18(19)20/h5-7,10,15H,4H2,1-3H3,(H,14,16,17). The molecular formula is C13H17N5O2. The normalized spacial score (nSPS) is 12.2. The number of aromatic amines is 1. The van der Waals surface area contributed by atoms with Gasteiger partial charge in [0.2, 0.25) is 0 Å². The molecule has 0 spiro atoms. The van der Waals surface area contributed by atoms with E-state index < -0.39 is 4.92 Å². The summed E-state index contributed by atoms with van der Waals surface area (Å²) in [5.41, 5.74) is 1.50. The molecule has 2 aromatic rings. The van der Waals surface area contributed by atoms with Gasteiger partial charge in [-0.1, -0.05) is 13.0 Å². The van der Waals surface area contributed by atoms with Crippen molar-refractivity contribution in [1.29, 1.82) is 0 Å². The van der Waals surface area contributed by atoms with E-state index in [-0.39, 0.29) is 11.7 Å². The first-order valence-corrected chi connectivity index (χ1v) is 6.41. The first kappa shape index (κ1) is 14.0. The number of nitro groups is 1. The topological polar surface area (TPSA) is 96.7 Å². The van der Waals surface area contributed by atoms with Crippen LogP contribution in [0.3, 0.4) is 0 Å². The van der Waals surface area contributed by atoms with Crippen molar-refractivity contribution in [3.63, 3.8) is 0 Å². The number of benzene rings is 1. The van der Waals surface area contributed by atoms with Crippen LogP contribution in [0, 0.1) is 24.0 Å². The molecule has 0 aliphatic rings. The van der Waals surface area contributed by atoms with Crippen LogP contribution >= 0.6 is 0 Å². The molecule has 0 amide bonds. The van der Waals surface area contributed by atoms with Gasteiger partial charge in [0.05, 0.1) is 11.0 Å². The minimum atomic E-state index is -0.391. The zero-order valence-corrected chi connectivity index (χ0v) is 11.7. The van der Waals surface area contributed by atoms with Crippen LogP contribution in [0.2, 0.25) is 0 Å². The quantitative estimate of drug-likeness (QED) is 0.646. The van der Waals surface area contributed by atoms with Crippen molar-refractivity contribution in [3.8, 4) is 0 Å². The molecule has 0 saturated heterocycles.